The molecule has 0 spiro atoms. The molecule has 8 heteroatoms. The first-order chi connectivity index (χ1) is 13.8. The maximum atomic E-state index is 12.9. The maximum absolute atomic E-state index is 12.9. The summed E-state index contributed by atoms with van der Waals surface area (Å²) in [6, 6.07) is 10.7. The standard InChI is InChI=1S/C21H21F3N4O/c1-28-10-4-5-14(28)12-25-20-16-7-3-2-6-15(16)19(26-27-20)17-9-8-13(11-18(17)29)21(22,23)24/h2-3,6-9,11,14,29H,4-5,10,12H2,1H3,(H,25,27). The zero-order valence-corrected chi connectivity index (χ0v) is 15.9. The highest BCUT2D eigenvalue weighted by molar-refractivity contribution is 6.00. The van der Waals surface area contributed by atoms with Crippen LogP contribution in [0.1, 0.15) is 18.4 Å². The fourth-order valence-corrected chi connectivity index (χ4v) is 3.79. The molecule has 1 aliphatic heterocycles. The van der Waals surface area contributed by atoms with Gasteiger partial charge in [0, 0.05) is 28.9 Å². The Labute approximate surface area is 166 Å². The van der Waals surface area contributed by atoms with Gasteiger partial charge in [0.05, 0.1) is 5.56 Å². The Bertz CT molecular complexity index is 1040. The van der Waals surface area contributed by atoms with Gasteiger partial charge in [-0.05, 0) is 44.6 Å². The molecule has 2 heterocycles. The van der Waals surface area contributed by atoms with Crippen LogP contribution < -0.4 is 5.32 Å². The number of alkyl halides is 3. The van der Waals surface area contributed by atoms with Crippen molar-refractivity contribution in [2.75, 3.05) is 25.5 Å². The summed E-state index contributed by atoms with van der Waals surface area (Å²) in [4.78, 5) is 2.30. The van der Waals surface area contributed by atoms with Crippen LogP contribution >= 0.6 is 0 Å². The highest BCUT2D eigenvalue weighted by Gasteiger charge is 2.31. The Morgan fingerprint density at radius 3 is 2.55 bits per heavy atom. The van der Waals surface area contributed by atoms with Gasteiger partial charge in [0.1, 0.15) is 11.4 Å². The predicted octanol–water partition coefficient (Wildman–Crippen LogP) is 4.53. The van der Waals surface area contributed by atoms with Crippen LogP contribution in [0, 0.1) is 0 Å². The lowest BCUT2D eigenvalue weighted by atomic mass is 10.0. The van der Waals surface area contributed by atoms with Crippen LogP contribution in [0.3, 0.4) is 0 Å². The summed E-state index contributed by atoms with van der Waals surface area (Å²) >= 11 is 0. The largest absolute Gasteiger partial charge is 0.507 e. The van der Waals surface area contributed by atoms with Gasteiger partial charge in [-0.15, -0.1) is 10.2 Å². The van der Waals surface area contributed by atoms with E-state index in [1.807, 2.05) is 24.3 Å². The normalized spacial score (nSPS) is 17.7. The van der Waals surface area contributed by atoms with Crippen molar-refractivity contribution in [2.45, 2.75) is 25.1 Å². The minimum absolute atomic E-state index is 0.212. The number of anilines is 1. The summed E-state index contributed by atoms with van der Waals surface area (Å²) in [6.07, 6.45) is -2.24. The van der Waals surface area contributed by atoms with E-state index in [1.54, 1.807) is 0 Å². The third kappa shape index (κ3) is 3.85. The fraction of sp³-hybridized carbons (Fsp3) is 0.333. The van der Waals surface area contributed by atoms with Crippen LogP contribution in [0.5, 0.6) is 5.75 Å². The Hall–Kier alpha value is -2.87. The summed E-state index contributed by atoms with van der Waals surface area (Å²) in [6.45, 7) is 1.81. The lowest BCUT2D eigenvalue weighted by Crippen LogP contribution is -2.31. The number of fused-ring (bicyclic) bond motifs is 1. The molecule has 1 aliphatic rings. The van der Waals surface area contributed by atoms with Crippen molar-refractivity contribution in [3.63, 3.8) is 0 Å². The third-order valence-corrected chi connectivity index (χ3v) is 5.44. The minimum atomic E-state index is -4.52. The van der Waals surface area contributed by atoms with Crippen LogP contribution in [0.15, 0.2) is 42.5 Å². The van der Waals surface area contributed by atoms with Gasteiger partial charge in [-0.3, -0.25) is 0 Å². The Kier molecular flexibility index (Phi) is 5.04. The van der Waals surface area contributed by atoms with Crippen LogP contribution in [-0.4, -0.2) is 46.4 Å². The van der Waals surface area contributed by atoms with Crippen LogP contribution in [0.4, 0.5) is 19.0 Å². The topological polar surface area (TPSA) is 61.3 Å². The van der Waals surface area contributed by atoms with E-state index in [2.05, 4.69) is 27.5 Å². The molecule has 0 aliphatic carbocycles. The fourth-order valence-electron chi connectivity index (χ4n) is 3.79. The summed E-state index contributed by atoms with van der Waals surface area (Å²) in [5, 5.41) is 23.6. The number of rotatable bonds is 4. The highest BCUT2D eigenvalue weighted by Crippen LogP contribution is 2.38. The molecule has 0 radical (unpaired) electrons. The number of phenols is 1. The zero-order chi connectivity index (χ0) is 20.6. The molecule has 1 aromatic heterocycles. The average Bonchev–Trinajstić information content (AvgIpc) is 3.10. The number of hydrogen-bond acceptors (Lipinski definition) is 5. The van der Waals surface area contributed by atoms with E-state index in [9.17, 15) is 18.3 Å². The number of nitrogens with zero attached hydrogens (tertiary/aromatic N) is 3. The number of nitrogens with one attached hydrogen (secondary N) is 1. The molecule has 1 atom stereocenters. The number of hydrogen-bond donors (Lipinski definition) is 2. The van der Waals surface area contributed by atoms with Crippen molar-refractivity contribution in [2.24, 2.45) is 0 Å². The second kappa shape index (κ2) is 7.51. The first-order valence-electron chi connectivity index (χ1n) is 9.44. The molecule has 2 aromatic carbocycles. The van der Waals surface area contributed by atoms with E-state index in [0.29, 0.717) is 29.0 Å². The predicted molar refractivity (Wildman–Crippen MR) is 106 cm³/mol. The first kappa shape index (κ1) is 19.4. The number of benzene rings is 2. The molecule has 5 nitrogen and oxygen atoms in total. The van der Waals surface area contributed by atoms with E-state index in [0.717, 1.165) is 31.0 Å². The quantitative estimate of drug-likeness (QED) is 0.672. The molecule has 0 amide bonds. The van der Waals surface area contributed by atoms with E-state index in [4.69, 9.17) is 0 Å². The smallest absolute Gasteiger partial charge is 0.416 e. The van der Waals surface area contributed by atoms with E-state index in [1.165, 1.54) is 12.5 Å². The number of likely N-dealkylation sites (tertiary alicyclic amines) is 1. The van der Waals surface area contributed by atoms with E-state index in [-0.39, 0.29) is 5.56 Å². The lowest BCUT2D eigenvalue weighted by Gasteiger charge is -2.20. The Morgan fingerprint density at radius 2 is 1.90 bits per heavy atom. The van der Waals surface area contributed by atoms with E-state index < -0.39 is 17.5 Å². The number of halogens is 3. The SMILES string of the molecule is CN1CCCC1CNc1nnc(-c2ccc(C(F)(F)F)cc2O)c2ccccc12. The molecule has 3 aromatic rings. The van der Waals surface area contributed by atoms with Gasteiger partial charge < -0.3 is 15.3 Å². The molecule has 1 saturated heterocycles. The third-order valence-electron chi connectivity index (χ3n) is 5.44. The van der Waals surface area contributed by atoms with Crippen molar-refractivity contribution in [1.29, 1.82) is 0 Å². The van der Waals surface area contributed by atoms with Gasteiger partial charge in [0.25, 0.3) is 0 Å². The summed E-state index contributed by atoms with van der Waals surface area (Å²) in [5.41, 5.74) is -0.353. The van der Waals surface area contributed by atoms with E-state index >= 15 is 0 Å². The second-order valence-corrected chi connectivity index (χ2v) is 7.33. The maximum Gasteiger partial charge on any atom is 0.416 e. The number of phenolic OH excluding ortho intramolecular Hbond substituents is 1. The Morgan fingerprint density at radius 1 is 1.14 bits per heavy atom. The molecule has 4 rings (SSSR count). The summed E-state index contributed by atoms with van der Waals surface area (Å²) < 4.78 is 38.7. The molecule has 152 valence electrons. The monoisotopic (exact) mass is 402 g/mol. The van der Waals surface area contributed by atoms with Crippen molar-refractivity contribution < 1.29 is 18.3 Å². The molecule has 2 N–H and O–H groups in total. The van der Waals surface area contributed by atoms with Crippen molar-refractivity contribution >= 4 is 16.6 Å². The molecule has 29 heavy (non-hydrogen) atoms. The van der Waals surface area contributed by atoms with Crippen molar-refractivity contribution in [3.8, 4) is 17.0 Å². The van der Waals surface area contributed by atoms with Crippen LogP contribution in [0.2, 0.25) is 0 Å². The summed E-state index contributed by atoms with van der Waals surface area (Å²) in [7, 11) is 2.10. The molecule has 0 saturated carbocycles. The highest BCUT2D eigenvalue weighted by atomic mass is 19.4. The molecule has 0 bridgehead atoms. The Balaban J connectivity index is 1.70. The van der Waals surface area contributed by atoms with Gasteiger partial charge in [-0.2, -0.15) is 13.2 Å². The van der Waals surface area contributed by atoms with Crippen LogP contribution in [0.25, 0.3) is 22.0 Å². The number of likely N-dealkylation sites (N-methyl/N-ethyl adjacent to an activating group) is 1. The van der Waals surface area contributed by atoms with Gasteiger partial charge in [-0.1, -0.05) is 24.3 Å². The first-order valence-corrected chi connectivity index (χ1v) is 9.44. The van der Waals surface area contributed by atoms with Crippen molar-refractivity contribution in [1.82, 2.24) is 15.1 Å². The molecular formula is C21H21F3N4O. The summed E-state index contributed by atoms with van der Waals surface area (Å²) in [5.74, 6) is 0.142. The minimum Gasteiger partial charge on any atom is -0.507 e. The van der Waals surface area contributed by atoms with Gasteiger partial charge >= 0.3 is 6.18 Å². The molecular weight excluding hydrogens is 381 g/mol. The van der Waals surface area contributed by atoms with Gasteiger partial charge in [0.15, 0.2) is 5.82 Å². The molecule has 1 fully saturated rings. The van der Waals surface area contributed by atoms with Crippen molar-refractivity contribution in [3.05, 3.63) is 48.0 Å². The lowest BCUT2D eigenvalue weighted by molar-refractivity contribution is -0.137. The van der Waals surface area contributed by atoms with Gasteiger partial charge in [0.2, 0.25) is 0 Å². The zero-order valence-electron chi connectivity index (χ0n) is 15.9. The molecule has 1 unspecified atom stereocenters. The number of aromatic nitrogens is 2. The number of aromatic hydroxyl groups is 1. The van der Waals surface area contributed by atoms with Crippen LogP contribution in [-0.2, 0) is 6.18 Å². The van der Waals surface area contributed by atoms with Gasteiger partial charge in [-0.25, -0.2) is 0 Å². The second-order valence-electron chi connectivity index (χ2n) is 7.33. The average molecular weight is 402 g/mol.